The molecule has 0 radical (unpaired) electrons. The van der Waals surface area contributed by atoms with Crippen LogP contribution in [0.2, 0.25) is 0 Å². The minimum atomic E-state index is -0.612. The van der Waals surface area contributed by atoms with E-state index in [0.717, 1.165) is 45.3 Å². The van der Waals surface area contributed by atoms with Gasteiger partial charge in [0.05, 0.1) is 0 Å². The summed E-state index contributed by atoms with van der Waals surface area (Å²) in [7, 11) is -0.500. The van der Waals surface area contributed by atoms with Crippen molar-refractivity contribution in [1.82, 2.24) is 0 Å². The van der Waals surface area contributed by atoms with Gasteiger partial charge in [0.15, 0.2) is 6.61 Å². The zero-order valence-corrected chi connectivity index (χ0v) is 22.4. The van der Waals surface area contributed by atoms with Crippen LogP contribution in [-0.2, 0) is 21.6 Å². The molecule has 1 aliphatic carbocycles. The number of ether oxygens (including phenoxy) is 2. The van der Waals surface area contributed by atoms with Crippen molar-refractivity contribution in [2.24, 2.45) is 0 Å². The second kappa shape index (κ2) is 8.94. The normalized spacial score (nSPS) is 21.3. The average Bonchev–Trinajstić information content (AvgIpc) is 3.34. The molecular formula is C29H29BrO3S. The van der Waals surface area contributed by atoms with Gasteiger partial charge in [0.1, 0.15) is 11.4 Å². The van der Waals surface area contributed by atoms with Gasteiger partial charge in [-0.25, -0.2) is 4.79 Å². The molecule has 2 unspecified atom stereocenters. The second-order valence-corrected chi connectivity index (χ2v) is 12.4. The summed E-state index contributed by atoms with van der Waals surface area (Å²) in [6.07, 6.45) is 3.91. The molecular weight excluding hydrogens is 508 g/mol. The van der Waals surface area contributed by atoms with Crippen LogP contribution in [0.1, 0.15) is 46.7 Å². The summed E-state index contributed by atoms with van der Waals surface area (Å²) in [5.74, 6) is 0.432. The van der Waals surface area contributed by atoms with Crippen LogP contribution in [-0.4, -0.2) is 12.6 Å². The van der Waals surface area contributed by atoms with Crippen molar-refractivity contribution in [1.29, 1.82) is 0 Å². The van der Waals surface area contributed by atoms with Gasteiger partial charge in [0, 0.05) is 14.9 Å². The molecule has 1 aliphatic heterocycles. The Morgan fingerprint density at radius 2 is 1.79 bits per heavy atom. The van der Waals surface area contributed by atoms with Crippen LogP contribution in [0.5, 0.6) is 5.75 Å². The van der Waals surface area contributed by atoms with E-state index in [1.54, 1.807) is 0 Å². The van der Waals surface area contributed by atoms with Gasteiger partial charge in [-0.1, -0.05) is 34.1 Å². The summed E-state index contributed by atoms with van der Waals surface area (Å²) < 4.78 is 13.1. The topological polar surface area (TPSA) is 35.5 Å². The van der Waals surface area contributed by atoms with Crippen LogP contribution in [0.15, 0.2) is 68.2 Å². The highest BCUT2D eigenvalue weighted by atomic mass is 79.9. The molecule has 3 aromatic carbocycles. The number of hydrogen-bond acceptors (Lipinski definition) is 3. The maximum absolute atomic E-state index is 12.8. The number of benzene rings is 3. The number of thiol groups is 1. The number of rotatable bonds is 5. The Hall–Kier alpha value is -2.50. The molecule has 0 amide bonds. The van der Waals surface area contributed by atoms with Gasteiger partial charge in [-0.3, -0.25) is 0 Å². The first-order valence-electron chi connectivity index (χ1n) is 11.6. The minimum Gasteiger partial charge on any atom is -0.481 e. The van der Waals surface area contributed by atoms with Gasteiger partial charge in [-0.05, 0) is 115 Å². The summed E-state index contributed by atoms with van der Waals surface area (Å²) in [4.78, 5) is 15.5. The highest BCUT2D eigenvalue weighted by Crippen LogP contribution is 2.53. The molecule has 2 atom stereocenters. The van der Waals surface area contributed by atoms with Crippen LogP contribution in [0.25, 0.3) is 6.08 Å². The summed E-state index contributed by atoms with van der Waals surface area (Å²) in [5, 5.41) is 2.31. The quantitative estimate of drug-likeness (QED) is 0.270. The van der Waals surface area contributed by atoms with Crippen molar-refractivity contribution < 1.29 is 14.3 Å². The van der Waals surface area contributed by atoms with Crippen molar-refractivity contribution in [3.8, 4) is 5.75 Å². The molecule has 176 valence electrons. The number of carbonyl (C=O) groups excluding carboxylic acids is 1. The van der Waals surface area contributed by atoms with Gasteiger partial charge >= 0.3 is 5.97 Å². The first-order valence-corrected chi connectivity index (χ1v) is 13.8. The van der Waals surface area contributed by atoms with Crippen LogP contribution < -0.4 is 4.74 Å². The number of hydrogen-bond donors (Lipinski definition) is 1. The third-order valence-electron chi connectivity index (χ3n) is 6.78. The molecule has 3 nitrogen and oxygen atoms in total. The summed E-state index contributed by atoms with van der Waals surface area (Å²) >= 11 is 3.57. The van der Waals surface area contributed by atoms with E-state index in [0.29, 0.717) is 0 Å². The standard InChI is InChI=1S/C29H29BrO3S/c1-18-13-23(30)16-22-9-11-29(4,27(18)22)33-26(31)17-32-28-19(2)14-24(15-20(28)3)34-12-10-21-7-5-6-8-25(21)34/h5-8,10,12-16,34H,9,11,17H2,1-4H3. The molecule has 5 rings (SSSR count). The zero-order valence-electron chi connectivity index (χ0n) is 19.9. The molecule has 0 N–H and O–H groups in total. The molecule has 0 saturated carbocycles. The van der Waals surface area contributed by atoms with Crippen molar-refractivity contribution in [3.05, 3.63) is 91.8 Å². The molecule has 5 heteroatoms. The van der Waals surface area contributed by atoms with Crippen molar-refractivity contribution in [2.75, 3.05) is 6.61 Å². The largest absolute Gasteiger partial charge is 0.481 e. The number of esters is 1. The maximum atomic E-state index is 12.8. The lowest BCUT2D eigenvalue weighted by Crippen LogP contribution is -2.30. The zero-order chi connectivity index (χ0) is 24.0. The Kier molecular flexibility index (Phi) is 6.11. The fourth-order valence-electron chi connectivity index (χ4n) is 5.38. The van der Waals surface area contributed by atoms with Crippen LogP contribution in [0.3, 0.4) is 0 Å². The van der Waals surface area contributed by atoms with Crippen molar-refractivity contribution in [3.63, 3.8) is 0 Å². The van der Waals surface area contributed by atoms with Gasteiger partial charge in [-0.2, -0.15) is 10.9 Å². The fraction of sp³-hybridized carbons (Fsp3) is 0.276. The van der Waals surface area contributed by atoms with Crippen LogP contribution >= 0.6 is 26.8 Å². The lowest BCUT2D eigenvalue weighted by Gasteiger charge is -2.27. The molecule has 0 fully saturated rings. The Morgan fingerprint density at radius 1 is 1.06 bits per heavy atom. The molecule has 2 aliphatic rings. The lowest BCUT2D eigenvalue weighted by molar-refractivity contribution is -0.161. The Bertz CT molecular complexity index is 1310. The third kappa shape index (κ3) is 4.20. The Labute approximate surface area is 212 Å². The molecule has 1 heterocycles. The predicted molar refractivity (Wildman–Crippen MR) is 143 cm³/mol. The van der Waals surface area contributed by atoms with Crippen LogP contribution in [0.4, 0.5) is 0 Å². The lowest BCUT2D eigenvalue weighted by atomic mass is 9.94. The average molecular weight is 538 g/mol. The molecule has 0 saturated heterocycles. The van der Waals surface area contributed by atoms with Gasteiger partial charge in [0.25, 0.3) is 0 Å². The van der Waals surface area contributed by atoms with Gasteiger partial charge < -0.3 is 9.47 Å². The van der Waals surface area contributed by atoms with E-state index in [9.17, 15) is 4.79 Å². The fourth-order valence-corrected chi connectivity index (χ4v) is 8.26. The molecule has 0 spiro atoms. The smallest absolute Gasteiger partial charge is 0.345 e. The second-order valence-electron chi connectivity index (χ2n) is 9.40. The van der Waals surface area contributed by atoms with Crippen molar-refractivity contribution in [2.45, 2.75) is 55.9 Å². The van der Waals surface area contributed by atoms with E-state index in [-0.39, 0.29) is 12.6 Å². The minimum absolute atomic E-state index is 0.0982. The van der Waals surface area contributed by atoms with Gasteiger partial charge in [0.2, 0.25) is 0 Å². The number of fused-ring (bicyclic) bond motifs is 2. The van der Waals surface area contributed by atoms with E-state index in [4.69, 9.17) is 9.47 Å². The molecule has 0 aromatic heterocycles. The van der Waals surface area contributed by atoms with E-state index in [2.05, 4.69) is 82.9 Å². The van der Waals surface area contributed by atoms with E-state index in [1.807, 2.05) is 20.8 Å². The highest BCUT2D eigenvalue weighted by molar-refractivity contribution is 9.10. The van der Waals surface area contributed by atoms with E-state index in [1.165, 1.54) is 20.9 Å². The first-order chi connectivity index (χ1) is 16.2. The predicted octanol–water partition coefficient (Wildman–Crippen LogP) is 7.56. The summed E-state index contributed by atoms with van der Waals surface area (Å²) in [6, 6.07) is 17.2. The number of aryl methyl sites for hydroxylation is 4. The number of halogens is 1. The first kappa shape index (κ1) is 23.3. The summed E-state index contributed by atoms with van der Waals surface area (Å²) in [6.45, 7) is 8.09. The maximum Gasteiger partial charge on any atom is 0.345 e. The molecule has 3 aromatic rings. The number of carbonyl (C=O) groups is 1. The van der Waals surface area contributed by atoms with Gasteiger partial charge in [-0.15, -0.1) is 0 Å². The Morgan fingerprint density at radius 3 is 2.56 bits per heavy atom. The van der Waals surface area contributed by atoms with E-state index >= 15 is 0 Å². The monoisotopic (exact) mass is 536 g/mol. The van der Waals surface area contributed by atoms with Crippen LogP contribution in [0, 0.1) is 20.8 Å². The van der Waals surface area contributed by atoms with Crippen molar-refractivity contribution >= 4 is 38.9 Å². The highest BCUT2D eigenvalue weighted by Gasteiger charge is 2.39. The SMILES string of the molecule is Cc1cc([SH]2C=Cc3ccccc32)cc(C)c1OCC(=O)OC1(C)CCc2cc(Br)cc(C)c21. The Balaban J connectivity index is 1.29. The molecule has 34 heavy (non-hydrogen) atoms. The third-order valence-corrected chi connectivity index (χ3v) is 9.42. The molecule has 0 bridgehead atoms. The van der Waals surface area contributed by atoms with E-state index < -0.39 is 16.5 Å². The summed E-state index contributed by atoms with van der Waals surface area (Å²) in [5.41, 5.74) is 6.30.